The molecule has 32 heavy (non-hydrogen) atoms. The third-order valence-corrected chi connectivity index (χ3v) is 5.15. The Bertz CT molecular complexity index is 1180. The second kappa shape index (κ2) is 8.31. The Morgan fingerprint density at radius 1 is 1.12 bits per heavy atom. The molecule has 0 fully saturated rings. The zero-order valence-corrected chi connectivity index (χ0v) is 18.1. The Hall–Kier alpha value is -3.32. The third-order valence-electron chi connectivity index (χ3n) is 4.91. The quantitative estimate of drug-likeness (QED) is 0.588. The molecule has 1 amide bonds. The zero-order chi connectivity index (χ0) is 23.7. The summed E-state index contributed by atoms with van der Waals surface area (Å²) in [6.45, 7) is 5.25. The number of nitriles is 1. The molecular formula is C21H19ClF3N5O2. The van der Waals surface area contributed by atoms with Gasteiger partial charge in [-0.2, -0.15) is 20.3 Å². The van der Waals surface area contributed by atoms with Crippen LogP contribution in [-0.2, 0) is 6.54 Å². The molecule has 168 valence electrons. The Morgan fingerprint density at radius 3 is 2.31 bits per heavy atom. The number of aromatic nitrogens is 3. The van der Waals surface area contributed by atoms with Crippen molar-refractivity contribution in [3.05, 3.63) is 53.1 Å². The minimum absolute atomic E-state index is 0.0637. The second-order valence-electron chi connectivity index (χ2n) is 8.16. The normalized spacial score (nSPS) is 13.9. The zero-order valence-electron chi connectivity index (χ0n) is 17.4. The first-order valence-corrected chi connectivity index (χ1v) is 9.80. The standard InChI is InChI=1S/C21H19ClF3N5O2/c1-19(2,3)20(11-26,12-30-28-16-9-6-14(22)10-17(16)29-30)27-18(31)13-4-7-15(8-5-13)32-21(23,24)25/h4-10H,12H2,1-3H3,(H,27,31). The lowest BCUT2D eigenvalue weighted by atomic mass is 9.74. The van der Waals surface area contributed by atoms with Crippen LogP contribution in [0, 0.1) is 16.7 Å². The van der Waals surface area contributed by atoms with Crippen LogP contribution in [0.3, 0.4) is 0 Å². The predicted octanol–water partition coefficient (Wildman–Crippen LogP) is 4.72. The van der Waals surface area contributed by atoms with Crippen LogP contribution in [0.2, 0.25) is 5.02 Å². The van der Waals surface area contributed by atoms with Crippen LogP contribution in [0.5, 0.6) is 5.75 Å². The van der Waals surface area contributed by atoms with Gasteiger partial charge >= 0.3 is 6.36 Å². The van der Waals surface area contributed by atoms with E-state index in [2.05, 4.69) is 26.3 Å². The lowest BCUT2D eigenvalue weighted by Crippen LogP contribution is -2.59. The first kappa shape index (κ1) is 23.3. The van der Waals surface area contributed by atoms with Gasteiger partial charge in [0.05, 0.1) is 12.6 Å². The molecule has 0 spiro atoms. The molecule has 1 aromatic heterocycles. The number of alkyl halides is 3. The van der Waals surface area contributed by atoms with Gasteiger partial charge < -0.3 is 10.1 Å². The summed E-state index contributed by atoms with van der Waals surface area (Å²) in [5, 5.41) is 22.0. The maximum atomic E-state index is 12.9. The number of ether oxygens (including phenoxy) is 1. The SMILES string of the molecule is CC(C)(C)C(C#N)(Cn1nc2ccc(Cl)cc2n1)NC(=O)c1ccc(OC(F)(F)F)cc1. The van der Waals surface area contributed by atoms with Crippen LogP contribution < -0.4 is 10.1 Å². The van der Waals surface area contributed by atoms with Crippen molar-refractivity contribution >= 4 is 28.5 Å². The number of amides is 1. The first-order chi connectivity index (χ1) is 14.8. The summed E-state index contributed by atoms with van der Waals surface area (Å²) in [4.78, 5) is 14.2. The van der Waals surface area contributed by atoms with E-state index >= 15 is 0 Å². The number of benzene rings is 2. The molecule has 0 bridgehead atoms. The number of halogens is 4. The maximum absolute atomic E-state index is 12.9. The number of carbonyl (C=O) groups is 1. The molecule has 0 saturated carbocycles. The van der Waals surface area contributed by atoms with Crippen molar-refractivity contribution in [1.29, 1.82) is 5.26 Å². The summed E-state index contributed by atoms with van der Waals surface area (Å²) < 4.78 is 40.9. The summed E-state index contributed by atoms with van der Waals surface area (Å²) in [5.74, 6) is -1.10. The van der Waals surface area contributed by atoms with E-state index in [-0.39, 0.29) is 12.1 Å². The van der Waals surface area contributed by atoms with Gasteiger partial charge in [0.15, 0.2) is 5.54 Å². The highest BCUT2D eigenvalue weighted by Crippen LogP contribution is 2.32. The summed E-state index contributed by atoms with van der Waals surface area (Å²) in [6, 6.07) is 11.6. The molecule has 3 rings (SSSR count). The van der Waals surface area contributed by atoms with Crippen LogP contribution in [0.15, 0.2) is 42.5 Å². The fourth-order valence-corrected chi connectivity index (χ4v) is 3.15. The maximum Gasteiger partial charge on any atom is 0.573 e. The van der Waals surface area contributed by atoms with E-state index in [4.69, 9.17) is 11.6 Å². The molecular weight excluding hydrogens is 447 g/mol. The van der Waals surface area contributed by atoms with Gasteiger partial charge in [0.25, 0.3) is 5.91 Å². The molecule has 1 atom stereocenters. The van der Waals surface area contributed by atoms with Crippen molar-refractivity contribution in [1.82, 2.24) is 20.3 Å². The third kappa shape index (κ3) is 5.11. The van der Waals surface area contributed by atoms with Gasteiger partial charge in [0, 0.05) is 16.0 Å². The summed E-state index contributed by atoms with van der Waals surface area (Å²) in [6.07, 6.45) is -4.84. The van der Waals surface area contributed by atoms with Crippen molar-refractivity contribution in [3.63, 3.8) is 0 Å². The van der Waals surface area contributed by atoms with Crippen LogP contribution in [0.4, 0.5) is 13.2 Å². The molecule has 1 heterocycles. The number of nitrogens with zero attached hydrogens (tertiary/aromatic N) is 4. The van der Waals surface area contributed by atoms with E-state index in [1.165, 1.54) is 16.9 Å². The fourth-order valence-electron chi connectivity index (χ4n) is 2.98. The summed E-state index contributed by atoms with van der Waals surface area (Å²) >= 11 is 5.99. The minimum atomic E-state index is -4.84. The molecule has 0 radical (unpaired) electrons. The first-order valence-electron chi connectivity index (χ1n) is 9.42. The van der Waals surface area contributed by atoms with Gasteiger partial charge in [-0.05, 0) is 42.5 Å². The molecule has 0 saturated heterocycles. The van der Waals surface area contributed by atoms with Crippen LogP contribution in [0.25, 0.3) is 11.0 Å². The number of hydrogen-bond donors (Lipinski definition) is 1. The average molecular weight is 466 g/mol. The summed E-state index contributed by atoms with van der Waals surface area (Å²) in [7, 11) is 0. The largest absolute Gasteiger partial charge is 0.573 e. The molecule has 11 heteroatoms. The molecule has 3 aromatic rings. The number of hydrogen-bond acceptors (Lipinski definition) is 5. The van der Waals surface area contributed by atoms with Gasteiger partial charge in [0.2, 0.25) is 0 Å². The Balaban J connectivity index is 1.88. The van der Waals surface area contributed by atoms with Crippen molar-refractivity contribution in [2.75, 3.05) is 0 Å². The van der Waals surface area contributed by atoms with Crippen LogP contribution in [0.1, 0.15) is 31.1 Å². The molecule has 0 aliphatic rings. The highest BCUT2D eigenvalue weighted by molar-refractivity contribution is 6.31. The van der Waals surface area contributed by atoms with E-state index in [9.17, 15) is 23.2 Å². The highest BCUT2D eigenvalue weighted by atomic mass is 35.5. The number of fused-ring (bicyclic) bond motifs is 1. The molecule has 1 unspecified atom stereocenters. The topological polar surface area (TPSA) is 92.8 Å². The van der Waals surface area contributed by atoms with E-state index in [1.807, 2.05) is 0 Å². The highest BCUT2D eigenvalue weighted by Gasteiger charge is 2.45. The molecule has 0 aliphatic heterocycles. The van der Waals surface area contributed by atoms with Crippen molar-refractivity contribution in [3.8, 4) is 11.8 Å². The van der Waals surface area contributed by atoms with E-state index in [0.29, 0.717) is 16.1 Å². The molecule has 2 aromatic carbocycles. The molecule has 1 N–H and O–H groups in total. The van der Waals surface area contributed by atoms with Gasteiger partial charge in [-0.3, -0.25) is 4.79 Å². The Morgan fingerprint density at radius 2 is 1.75 bits per heavy atom. The number of rotatable bonds is 5. The van der Waals surface area contributed by atoms with Gasteiger partial charge in [-0.25, -0.2) is 0 Å². The average Bonchev–Trinajstić information content (AvgIpc) is 3.06. The Labute approximate surface area is 186 Å². The van der Waals surface area contributed by atoms with Gasteiger partial charge in [0.1, 0.15) is 16.8 Å². The smallest absolute Gasteiger partial charge is 0.406 e. The molecule has 0 aliphatic carbocycles. The number of nitrogens with one attached hydrogen (secondary N) is 1. The van der Waals surface area contributed by atoms with E-state index in [1.54, 1.807) is 39.0 Å². The minimum Gasteiger partial charge on any atom is -0.406 e. The van der Waals surface area contributed by atoms with Crippen molar-refractivity contribution < 1.29 is 22.7 Å². The summed E-state index contributed by atoms with van der Waals surface area (Å²) in [5.41, 5.74) is -1.03. The Kier molecular flexibility index (Phi) is 6.07. The van der Waals surface area contributed by atoms with Crippen LogP contribution in [-0.4, -0.2) is 32.8 Å². The predicted molar refractivity (Wildman–Crippen MR) is 111 cm³/mol. The van der Waals surface area contributed by atoms with Gasteiger partial charge in [-0.15, -0.1) is 13.2 Å². The fraction of sp³-hybridized carbons (Fsp3) is 0.333. The van der Waals surface area contributed by atoms with Crippen molar-refractivity contribution in [2.45, 2.75) is 39.2 Å². The monoisotopic (exact) mass is 465 g/mol. The van der Waals surface area contributed by atoms with E-state index in [0.717, 1.165) is 12.1 Å². The van der Waals surface area contributed by atoms with Gasteiger partial charge in [-0.1, -0.05) is 32.4 Å². The van der Waals surface area contributed by atoms with Crippen molar-refractivity contribution in [2.24, 2.45) is 5.41 Å². The lowest BCUT2D eigenvalue weighted by molar-refractivity contribution is -0.274. The van der Waals surface area contributed by atoms with E-state index < -0.39 is 29.0 Å². The lowest BCUT2D eigenvalue weighted by Gasteiger charge is -2.39. The number of carbonyl (C=O) groups excluding carboxylic acids is 1. The van der Waals surface area contributed by atoms with Crippen LogP contribution >= 0.6 is 11.6 Å². The second-order valence-corrected chi connectivity index (χ2v) is 8.59. The molecule has 7 nitrogen and oxygen atoms in total.